The number of nitrogens with zero attached hydrogens (tertiary/aromatic N) is 1. The molecule has 1 unspecified atom stereocenters. The zero-order chi connectivity index (χ0) is 12.0. The van der Waals surface area contributed by atoms with Gasteiger partial charge in [0.1, 0.15) is 6.04 Å². The van der Waals surface area contributed by atoms with Crippen LogP contribution < -0.4 is 5.32 Å². The van der Waals surface area contributed by atoms with Gasteiger partial charge in [0, 0.05) is 25.8 Å². The van der Waals surface area contributed by atoms with Crippen LogP contribution in [0.25, 0.3) is 0 Å². The van der Waals surface area contributed by atoms with Crippen LogP contribution in [0.4, 0.5) is 0 Å². The van der Waals surface area contributed by atoms with E-state index in [0.717, 1.165) is 32.6 Å². The van der Waals surface area contributed by atoms with Crippen molar-refractivity contribution in [2.45, 2.75) is 31.3 Å². The van der Waals surface area contributed by atoms with Gasteiger partial charge in [-0.15, -0.1) is 0 Å². The lowest BCUT2D eigenvalue weighted by molar-refractivity contribution is -0.139. The summed E-state index contributed by atoms with van der Waals surface area (Å²) in [6, 6.07) is 0.0994. The van der Waals surface area contributed by atoms with Crippen LogP contribution in [0.15, 0.2) is 0 Å². The molecule has 1 fully saturated rings. The van der Waals surface area contributed by atoms with E-state index in [9.17, 15) is 4.79 Å². The van der Waals surface area contributed by atoms with Gasteiger partial charge in [0.25, 0.3) is 0 Å². The maximum absolute atomic E-state index is 10.8. The first-order valence-corrected chi connectivity index (χ1v) is 5.83. The zero-order valence-corrected chi connectivity index (χ0v) is 10.1. The third kappa shape index (κ3) is 4.08. The molecule has 0 aromatic rings. The van der Waals surface area contributed by atoms with Gasteiger partial charge in [0.15, 0.2) is 0 Å². The van der Waals surface area contributed by atoms with Crippen LogP contribution in [0.3, 0.4) is 0 Å². The summed E-state index contributed by atoms with van der Waals surface area (Å²) < 4.78 is 5.30. The van der Waals surface area contributed by atoms with E-state index in [4.69, 9.17) is 9.84 Å². The molecular weight excluding hydrogens is 208 g/mol. The smallest absolute Gasteiger partial charge is 0.320 e. The molecule has 1 saturated heterocycles. The van der Waals surface area contributed by atoms with Crippen LogP contribution in [0.1, 0.15) is 19.3 Å². The first kappa shape index (κ1) is 13.4. The highest BCUT2D eigenvalue weighted by molar-refractivity contribution is 5.73. The number of carboxylic acids is 1. The Morgan fingerprint density at radius 1 is 1.56 bits per heavy atom. The normalized spacial score (nSPS) is 19.9. The SMILES string of the molecule is CNC(CCN(C)C1CCOCC1)C(=O)O. The topological polar surface area (TPSA) is 61.8 Å². The van der Waals surface area contributed by atoms with Crippen LogP contribution in [0.2, 0.25) is 0 Å². The Morgan fingerprint density at radius 3 is 2.69 bits per heavy atom. The van der Waals surface area contributed by atoms with Gasteiger partial charge in [0.2, 0.25) is 0 Å². The molecule has 94 valence electrons. The monoisotopic (exact) mass is 230 g/mol. The first-order valence-electron chi connectivity index (χ1n) is 5.83. The minimum absolute atomic E-state index is 0.442. The number of carboxylic acid groups (broad SMARTS) is 1. The fourth-order valence-corrected chi connectivity index (χ4v) is 2.03. The van der Waals surface area contributed by atoms with Crippen molar-refractivity contribution in [1.82, 2.24) is 10.2 Å². The predicted octanol–water partition coefficient (Wildman–Crippen LogP) is 0.160. The molecule has 0 spiro atoms. The average molecular weight is 230 g/mol. The molecule has 1 aliphatic rings. The van der Waals surface area contributed by atoms with E-state index in [1.54, 1.807) is 7.05 Å². The average Bonchev–Trinajstić information content (AvgIpc) is 2.30. The Balaban J connectivity index is 2.27. The van der Waals surface area contributed by atoms with E-state index in [1.165, 1.54) is 0 Å². The fraction of sp³-hybridized carbons (Fsp3) is 0.909. The first-order chi connectivity index (χ1) is 7.65. The molecule has 5 heteroatoms. The van der Waals surface area contributed by atoms with Crippen LogP contribution in [0, 0.1) is 0 Å². The van der Waals surface area contributed by atoms with Crippen molar-refractivity contribution >= 4 is 5.97 Å². The van der Waals surface area contributed by atoms with Crippen molar-refractivity contribution in [3.05, 3.63) is 0 Å². The van der Waals surface area contributed by atoms with Crippen molar-refractivity contribution in [2.24, 2.45) is 0 Å². The number of ether oxygens (including phenoxy) is 1. The summed E-state index contributed by atoms with van der Waals surface area (Å²) in [5.74, 6) is -0.775. The molecule has 0 bridgehead atoms. The number of rotatable bonds is 6. The van der Waals surface area contributed by atoms with Gasteiger partial charge in [-0.05, 0) is 33.4 Å². The summed E-state index contributed by atoms with van der Waals surface area (Å²) in [6.07, 6.45) is 2.74. The van der Waals surface area contributed by atoms with E-state index in [0.29, 0.717) is 12.5 Å². The van der Waals surface area contributed by atoms with E-state index >= 15 is 0 Å². The van der Waals surface area contributed by atoms with Crippen LogP contribution in [-0.4, -0.2) is 61.9 Å². The lowest BCUT2D eigenvalue weighted by Crippen LogP contribution is -2.41. The molecule has 1 aliphatic heterocycles. The lowest BCUT2D eigenvalue weighted by Gasteiger charge is -2.31. The summed E-state index contributed by atoms with van der Waals surface area (Å²) in [5, 5.41) is 11.7. The van der Waals surface area contributed by atoms with Gasteiger partial charge in [-0.25, -0.2) is 0 Å². The molecule has 0 aliphatic carbocycles. The molecule has 1 rings (SSSR count). The molecular formula is C11H22N2O3. The number of hydrogen-bond donors (Lipinski definition) is 2. The third-order valence-corrected chi connectivity index (χ3v) is 3.23. The molecule has 5 nitrogen and oxygen atoms in total. The van der Waals surface area contributed by atoms with Gasteiger partial charge >= 0.3 is 5.97 Å². The minimum atomic E-state index is -0.775. The standard InChI is InChI=1S/C11H22N2O3/c1-12-10(11(14)15)3-6-13(2)9-4-7-16-8-5-9/h9-10,12H,3-8H2,1-2H3,(H,14,15). The third-order valence-electron chi connectivity index (χ3n) is 3.23. The Labute approximate surface area is 96.8 Å². The van der Waals surface area contributed by atoms with Gasteiger partial charge in [0.05, 0.1) is 0 Å². The van der Waals surface area contributed by atoms with Crippen molar-refractivity contribution < 1.29 is 14.6 Å². The molecule has 1 atom stereocenters. The van der Waals surface area contributed by atoms with Crippen LogP contribution >= 0.6 is 0 Å². The van der Waals surface area contributed by atoms with E-state index < -0.39 is 12.0 Å². The quantitative estimate of drug-likeness (QED) is 0.680. The number of likely N-dealkylation sites (N-methyl/N-ethyl adjacent to an activating group) is 1. The second-order valence-electron chi connectivity index (χ2n) is 4.29. The predicted molar refractivity (Wildman–Crippen MR) is 61.6 cm³/mol. The molecule has 0 radical (unpaired) electrons. The summed E-state index contributed by atoms with van der Waals surface area (Å²) in [5.41, 5.74) is 0. The fourth-order valence-electron chi connectivity index (χ4n) is 2.03. The van der Waals surface area contributed by atoms with E-state index in [1.807, 2.05) is 0 Å². The van der Waals surface area contributed by atoms with Gasteiger partial charge in [-0.2, -0.15) is 0 Å². The van der Waals surface area contributed by atoms with Crippen molar-refractivity contribution in [2.75, 3.05) is 33.9 Å². The molecule has 0 aromatic heterocycles. The highest BCUT2D eigenvalue weighted by Crippen LogP contribution is 2.13. The Bertz CT molecular complexity index is 217. The number of carbonyl (C=O) groups is 1. The van der Waals surface area contributed by atoms with Crippen molar-refractivity contribution in [3.63, 3.8) is 0 Å². The maximum Gasteiger partial charge on any atom is 0.320 e. The van der Waals surface area contributed by atoms with Gasteiger partial charge < -0.3 is 20.1 Å². The highest BCUT2D eigenvalue weighted by atomic mass is 16.5. The molecule has 0 saturated carbocycles. The second kappa shape index (κ2) is 6.83. The summed E-state index contributed by atoms with van der Waals surface area (Å²) in [4.78, 5) is 13.1. The largest absolute Gasteiger partial charge is 0.480 e. The van der Waals surface area contributed by atoms with E-state index in [-0.39, 0.29) is 0 Å². The van der Waals surface area contributed by atoms with Gasteiger partial charge in [-0.3, -0.25) is 4.79 Å². The highest BCUT2D eigenvalue weighted by Gasteiger charge is 2.20. The number of hydrogen-bond acceptors (Lipinski definition) is 4. The Morgan fingerprint density at radius 2 is 2.19 bits per heavy atom. The summed E-state index contributed by atoms with van der Waals surface area (Å²) >= 11 is 0. The molecule has 0 aromatic carbocycles. The Kier molecular flexibility index (Phi) is 5.73. The van der Waals surface area contributed by atoms with Crippen molar-refractivity contribution in [3.8, 4) is 0 Å². The number of nitrogens with one attached hydrogen (secondary N) is 1. The van der Waals surface area contributed by atoms with E-state index in [2.05, 4.69) is 17.3 Å². The van der Waals surface area contributed by atoms with Crippen LogP contribution in [-0.2, 0) is 9.53 Å². The van der Waals surface area contributed by atoms with Gasteiger partial charge in [-0.1, -0.05) is 0 Å². The van der Waals surface area contributed by atoms with Crippen molar-refractivity contribution in [1.29, 1.82) is 0 Å². The second-order valence-corrected chi connectivity index (χ2v) is 4.29. The van der Waals surface area contributed by atoms with Crippen LogP contribution in [0.5, 0.6) is 0 Å². The lowest BCUT2D eigenvalue weighted by atomic mass is 10.1. The zero-order valence-electron chi connectivity index (χ0n) is 10.1. The Hall–Kier alpha value is -0.650. The molecule has 2 N–H and O–H groups in total. The minimum Gasteiger partial charge on any atom is -0.480 e. The maximum atomic E-state index is 10.8. The summed E-state index contributed by atoms with van der Waals surface area (Å²) in [6.45, 7) is 2.45. The molecule has 1 heterocycles. The summed E-state index contributed by atoms with van der Waals surface area (Å²) in [7, 11) is 3.75. The molecule has 0 amide bonds. The number of aliphatic carboxylic acids is 1. The molecule has 16 heavy (non-hydrogen) atoms.